The first kappa shape index (κ1) is 22.7. The normalized spacial score (nSPS) is 15.8. The third kappa shape index (κ3) is 6.75. The van der Waals surface area contributed by atoms with Crippen molar-refractivity contribution in [3.63, 3.8) is 0 Å². The van der Waals surface area contributed by atoms with Crippen molar-refractivity contribution in [1.29, 1.82) is 5.41 Å². The molecular formula is C23H33N7O. The largest absolute Gasteiger partial charge is 0.390 e. The zero-order chi connectivity index (χ0) is 22.2. The Kier molecular flexibility index (Phi) is 7.94. The minimum atomic E-state index is -0.223. The molecule has 2 aromatic heterocycles. The number of urea groups is 1. The number of hydrogen-bond donors (Lipinski definition) is 4. The maximum atomic E-state index is 12.2. The first-order valence-corrected chi connectivity index (χ1v) is 10.9. The molecule has 1 fully saturated rings. The molecule has 4 N–H and O–H groups in total. The lowest BCUT2D eigenvalue weighted by Gasteiger charge is -2.16. The highest BCUT2D eigenvalue weighted by atomic mass is 16.2. The summed E-state index contributed by atoms with van der Waals surface area (Å²) in [6.07, 6.45) is 9.30. The molecule has 0 aliphatic heterocycles. The number of carbonyl (C=O) groups excluding carboxylic acids is 1. The van der Waals surface area contributed by atoms with E-state index in [0.717, 1.165) is 42.6 Å². The number of nitrogens with zero attached hydrogens (tertiary/aromatic N) is 3. The number of fused-ring (bicyclic) bond motifs is 1. The van der Waals surface area contributed by atoms with Crippen LogP contribution in [0.5, 0.6) is 0 Å². The molecule has 1 aliphatic carbocycles. The number of rotatable bonds is 9. The summed E-state index contributed by atoms with van der Waals surface area (Å²) in [7, 11) is 4.12. The molecule has 166 valence electrons. The Morgan fingerprint density at radius 2 is 2.06 bits per heavy atom. The summed E-state index contributed by atoms with van der Waals surface area (Å²) < 4.78 is 0. The summed E-state index contributed by atoms with van der Waals surface area (Å²) in [5, 5.41) is 16.9. The maximum Gasteiger partial charge on any atom is 0.320 e. The molecule has 3 rings (SSSR count). The van der Waals surface area contributed by atoms with Crippen LogP contribution >= 0.6 is 0 Å². The molecule has 8 heteroatoms. The Labute approximate surface area is 184 Å². The zero-order valence-corrected chi connectivity index (χ0v) is 18.6. The van der Waals surface area contributed by atoms with Crippen LogP contribution in [0.2, 0.25) is 0 Å². The van der Waals surface area contributed by atoms with Gasteiger partial charge in [-0.1, -0.05) is 19.8 Å². The first-order chi connectivity index (χ1) is 14.9. The van der Waals surface area contributed by atoms with Crippen molar-refractivity contribution in [1.82, 2.24) is 25.5 Å². The van der Waals surface area contributed by atoms with E-state index < -0.39 is 0 Å². The van der Waals surface area contributed by atoms with E-state index in [9.17, 15) is 4.79 Å². The van der Waals surface area contributed by atoms with E-state index in [2.05, 4.69) is 51.8 Å². The van der Waals surface area contributed by atoms with Crippen molar-refractivity contribution in [2.75, 3.05) is 32.5 Å². The molecule has 0 aromatic carbocycles. The third-order valence-electron chi connectivity index (χ3n) is 5.36. The molecular weight excluding hydrogens is 390 g/mol. The van der Waals surface area contributed by atoms with Crippen LogP contribution in [-0.4, -0.2) is 60.3 Å². The van der Waals surface area contributed by atoms with E-state index in [1.165, 1.54) is 19.1 Å². The third-order valence-corrected chi connectivity index (χ3v) is 5.36. The highest BCUT2D eigenvalue weighted by Crippen LogP contribution is 2.20. The van der Waals surface area contributed by atoms with Crippen LogP contribution in [0, 0.1) is 11.3 Å². The van der Waals surface area contributed by atoms with Gasteiger partial charge in [-0.15, -0.1) is 0 Å². The molecule has 8 nitrogen and oxygen atoms in total. The lowest BCUT2D eigenvalue weighted by Crippen LogP contribution is -2.36. The van der Waals surface area contributed by atoms with Gasteiger partial charge in [-0.05, 0) is 51.1 Å². The van der Waals surface area contributed by atoms with Gasteiger partial charge in [0.1, 0.15) is 5.82 Å². The van der Waals surface area contributed by atoms with Crippen LogP contribution in [0.3, 0.4) is 0 Å². The quantitative estimate of drug-likeness (QED) is 0.462. The number of hydrogen-bond acceptors (Lipinski definition) is 6. The molecule has 0 unspecified atom stereocenters. The average molecular weight is 424 g/mol. The van der Waals surface area contributed by atoms with E-state index in [-0.39, 0.29) is 12.1 Å². The van der Waals surface area contributed by atoms with Crippen molar-refractivity contribution in [2.45, 2.75) is 38.6 Å². The van der Waals surface area contributed by atoms with E-state index in [0.29, 0.717) is 17.3 Å². The second-order valence-corrected chi connectivity index (χ2v) is 8.56. The number of aromatic nitrogens is 2. The predicted molar refractivity (Wildman–Crippen MR) is 126 cm³/mol. The highest BCUT2D eigenvalue weighted by molar-refractivity contribution is 6.08. The fourth-order valence-electron chi connectivity index (χ4n) is 3.91. The SMILES string of the molecule is C[C@@H](CN/C=C(\C=N)c1cnc2ccc(NC(=O)NC3CCCC3)nc2c1)CN(C)C. The summed E-state index contributed by atoms with van der Waals surface area (Å²) in [5.74, 6) is 0.969. The standard InChI is InChI=1S/C23H33N7O/c1-16(15-30(2)3)12-25-13-18(11-24)17-10-21-20(26-14-17)8-9-22(28-21)29-23(31)27-19-6-4-5-7-19/h8-11,13-14,16,19,24-25H,4-7,12,15H2,1-3H3,(H2,27,28,29,31)/b18-13+,24-11?/t16-/m0/s1. The van der Waals surface area contributed by atoms with Gasteiger partial charge in [0.05, 0.1) is 11.0 Å². The van der Waals surface area contributed by atoms with Gasteiger partial charge in [0.25, 0.3) is 0 Å². The maximum absolute atomic E-state index is 12.2. The lowest BCUT2D eigenvalue weighted by atomic mass is 10.1. The van der Waals surface area contributed by atoms with Crippen molar-refractivity contribution >= 4 is 34.7 Å². The molecule has 1 atom stereocenters. The van der Waals surface area contributed by atoms with Crippen LogP contribution in [0.15, 0.2) is 30.6 Å². The predicted octanol–water partition coefficient (Wildman–Crippen LogP) is 3.47. The Bertz CT molecular complexity index is 935. The van der Waals surface area contributed by atoms with Crippen molar-refractivity contribution in [3.05, 3.63) is 36.2 Å². The lowest BCUT2D eigenvalue weighted by molar-refractivity contribution is 0.248. The molecule has 1 saturated carbocycles. The van der Waals surface area contributed by atoms with E-state index in [1.54, 1.807) is 12.3 Å². The summed E-state index contributed by atoms with van der Waals surface area (Å²) >= 11 is 0. The smallest absolute Gasteiger partial charge is 0.320 e. The van der Waals surface area contributed by atoms with Gasteiger partial charge in [0.2, 0.25) is 0 Å². The number of carbonyl (C=O) groups is 1. The highest BCUT2D eigenvalue weighted by Gasteiger charge is 2.17. The van der Waals surface area contributed by atoms with Gasteiger partial charge in [-0.2, -0.15) is 0 Å². The number of allylic oxidation sites excluding steroid dienone is 1. The Balaban J connectivity index is 1.68. The van der Waals surface area contributed by atoms with Crippen molar-refractivity contribution in [2.24, 2.45) is 5.92 Å². The Morgan fingerprint density at radius 3 is 2.77 bits per heavy atom. The first-order valence-electron chi connectivity index (χ1n) is 10.9. The van der Waals surface area contributed by atoms with Gasteiger partial charge in [0, 0.05) is 48.9 Å². The van der Waals surface area contributed by atoms with Gasteiger partial charge < -0.3 is 20.9 Å². The van der Waals surface area contributed by atoms with Crippen molar-refractivity contribution in [3.8, 4) is 0 Å². The molecule has 1 aliphatic rings. The summed E-state index contributed by atoms with van der Waals surface area (Å²) in [6.45, 7) is 4.00. The summed E-state index contributed by atoms with van der Waals surface area (Å²) in [6, 6.07) is 5.52. The topological polar surface area (TPSA) is 106 Å². The Hall–Kier alpha value is -3.00. The zero-order valence-electron chi connectivity index (χ0n) is 18.6. The number of pyridine rings is 2. The monoisotopic (exact) mass is 423 g/mol. The fraction of sp³-hybridized carbons (Fsp3) is 0.478. The molecule has 2 heterocycles. The molecule has 2 aromatic rings. The van der Waals surface area contributed by atoms with Crippen LogP contribution in [0.1, 0.15) is 38.2 Å². The molecule has 2 amide bonds. The number of anilines is 1. The molecule has 0 bridgehead atoms. The number of nitrogens with one attached hydrogen (secondary N) is 4. The average Bonchev–Trinajstić information content (AvgIpc) is 3.23. The van der Waals surface area contributed by atoms with Crippen LogP contribution in [-0.2, 0) is 0 Å². The molecule has 31 heavy (non-hydrogen) atoms. The van der Waals surface area contributed by atoms with Crippen molar-refractivity contribution < 1.29 is 4.79 Å². The van der Waals surface area contributed by atoms with Gasteiger partial charge >= 0.3 is 6.03 Å². The Morgan fingerprint density at radius 1 is 1.29 bits per heavy atom. The minimum Gasteiger partial charge on any atom is -0.390 e. The fourth-order valence-corrected chi connectivity index (χ4v) is 3.91. The summed E-state index contributed by atoms with van der Waals surface area (Å²) in [4.78, 5) is 23.4. The molecule has 0 spiro atoms. The van der Waals surface area contributed by atoms with Crippen LogP contribution in [0.25, 0.3) is 16.6 Å². The molecule has 0 saturated heterocycles. The summed E-state index contributed by atoms with van der Waals surface area (Å²) in [5.41, 5.74) is 2.94. The van der Waals surface area contributed by atoms with Gasteiger partial charge in [0.15, 0.2) is 0 Å². The second kappa shape index (κ2) is 10.9. The van der Waals surface area contributed by atoms with E-state index in [1.807, 2.05) is 18.3 Å². The van der Waals surface area contributed by atoms with Crippen LogP contribution in [0.4, 0.5) is 10.6 Å². The molecule has 0 radical (unpaired) electrons. The second-order valence-electron chi connectivity index (χ2n) is 8.56. The number of amides is 2. The van der Waals surface area contributed by atoms with Gasteiger partial charge in [-0.25, -0.2) is 9.78 Å². The van der Waals surface area contributed by atoms with E-state index >= 15 is 0 Å². The van der Waals surface area contributed by atoms with E-state index in [4.69, 9.17) is 5.41 Å². The minimum absolute atomic E-state index is 0.223. The van der Waals surface area contributed by atoms with Gasteiger partial charge in [-0.3, -0.25) is 10.3 Å². The van der Waals surface area contributed by atoms with Crippen LogP contribution < -0.4 is 16.0 Å².